The molecule has 6 fully saturated rings. The normalized spacial score (nSPS) is 39.0. The molecule has 190 valence electrons. The van der Waals surface area contributed by atoms with E-state index in [4.69, 9.17) is 9.68 Å². The molecule has 4 aliphatic heterocycles. The van der Waals surface area contributed by atoms with Gasteiger partial charge in [-0.15, -0.1) is 5.01 Å². The lowest BCUT2D eigenvalue weighted by Gasteiger charge is -2.56. The zero-order valence-electron chi connectivity index (χ0n) is 20.5. The average Bonchev–Trinajstić information content (AvgIpc) is 3.13. The first kappa shape index (κ1) is 25.4. The number of nitrogens with zero attached hydrogens (tertiary/aromatic N) is 4. The van der Waals surface area contributed by atoms with Crippen molar-refractivity contribution in [2.45, 2.75) is 52.4 Å². The van der Waals surface area contributed by atoms with Crippen molar-refractivity contribution in [1.82, 2.24) is 15.1 Å². The molecule has 0 aromatic heterocycles. The van der Waals surface area contributed by atoms with Gasteiger partial charge in [-0.1, -0.05) is 13.8 Å². The summed E-state index contributed by atoms with van der Waals surface area (Å²) in [6.45, 7) is 10.2. The van der Waals surface area contributed by atoms with Crippen molar-refractivity contribution < 1.29 is 32.0 Å². The van der Waals surface area contributed by atoms with Crippen LogP contribution in [0.25, 0.3) is 0 Å². The van der Waals surface area contributed by atoms with Crippen LogP contribution in [0.15, 0.2) is 0 Å². The number of quaternary nitrogens is 1. The molecule has 0 N–H and O–H groups in total. The molecule has 4 bridgehead atoms. The summed E-state index contributed by atoms with van der Waals surface area (Å²) in [7, 11) is -0.854. The van der Waals surface area contributed by atoms with Crippen molar-refractivity contribution in [3.05, 3.63) is 0 Å². The first-order valence-electron chi connectivity index (χ1n) is 12.1. The number of piperidine rings is 3. The molecule has 2 unspecified atom stereocenters. The summed E-state index contributed by atoms with van der Waals surface area (Å²) in [5.74, 6) is 0.712. The summed E-state index contributed by atoms with van der Waals surface area (Å²) in [6, 6.07) is 0. The van der Waals surface area contributed by atoms with Crippen molar-refractivity contribution in [3.8, 4) is 0 Å². The van der Waals surface area contributed by atoms with Crippen LogP contribution in [0, 0.1) is 22.7 Å². The fourth-order valence-electron chi connectivity index (χ4n) is 7.04. The second-order valence-electron chi connectivity index (χ2n) is 11.1. The fraction of sp³-hybridized carbons (Fsp3) is 0.955. The zero-order chi connectivity index (χ0) is 24.1. The first-order valence-corrected chi connectivity index (χ1v) is 13.7. The molecule has 11 heteroatoms. The molecule has 6 aliphatic rings. The Bertz CT molecular complexity index is 818. The Kier molecular flexibility index (Phi) is 7.00. The number of hydroxylamine groups is 4. The van der Waals surface area contributed by atoms with E-state index < -0.39 is 21.3 Å². The highest BCUT2D eigenvalue weighted by atomic mass is 32.2. The van der Waals surface area contributed by atoms with Gasteiger partial charge in [0.1, 0.15) is 25.8 Å². The zero-order valence-corrected chi connectivity index (χ0v) is 21.3. The summed E-state index contributed by atoms with van der Waals surface area (Å²) < 4.78 is 33.8. The number of carbonyl (C=O) groups is 1. The predicted octanol–water partition coefficient (Wildman–Crippen LogP) is 1.37. The summed E-state index contributed by atoms with van der Waals surface area (Å²) in [4.78, 5) is 22.7. The average molecular weight is 489 g/mol. The van der Waals surface area contributed by atoms with Crippen molar-refractivity contribution in [2.24, 2.45) is 22.7 Å². The molecule has 6 rings (SSSR count). The van der Waals surface area contributed by atoms with Crippen LogP contribution < -0.4 is 0 Å². The van der Waals surface area contributed by atoms with Gasteiger partial charge < -0.3 is 4.55 Å². The lowest BCUT2D eigenvalue weighted by molar-refractivity contribution is -1.05. The molecule has 0 spiro atoms. The van der Waals surface area contributed by atoms with Gasteiger partial charge in [0, 0.05) is 31.1 Å². The molecule has 0 aromatic carbocycles. The number of fused-ring (bicyclic) bond motifs is 5. The Balaban J connectivity index is 0.000000160. The SMILES string of the molecule is CC1(C)C2CCC1(CS(=O)(=O)[O-])C(=O)C2.CON1CN(OC)CN([N+]23CCC(CC2)CC3)C1. The maximum Gasteiger partial charge on any atom is 0.140 e. The van der Waals surface area contributed by atoms with E-state index in [0.29, 0.717) is 19.5 Å². The molecular weight excluding hydrogens is 448 g/mol. The Hall–Kier alpha value is -0.660. The lowest BCUT2D eigenvalue weighted by Crippen LogP contribution is -2.72. The molecule has 33 heavy (non-hydrogen) atoms. The van der Waals surface area contributed by atoms with Gasteiger partial charge in [0.05, 0.1) is 49.7 Å². The van der Waals surface area contributed by atoms with Gasteiger partial charge in [-0.3, -0.25) is 14.5 Å². The molecule has 10 nitrogen and oxygen atoms in total. The van der Waals surface area contributed by atoms with Gasteiger partial charge in [0.2, 0.25) is 0 Å². The van der Waals surface area contributed by atoms with E-state index in [2.05, 4.69) is 5.01 Å². The van der Waals surface area contributed by atoms with Crippen LogP contribution >= 0.6 is 0 Å². The van der Waals surface area contributed by atoms with Gasteiger partial charge in [0.15, 0.2) is 0 Å². The summed E-state index contributed by atoms with van der Waals surface area (Å²) in [5, 5.41) is 6.42. The number of carbonyl (C=O) groups excluding carboxylic acids is 1. The summed E-state index contributed by atoms with van der Waals surface area (Å²) in [6.07, 6.45) is 6.03. The molecule has 2 atom stereocenters. The van der Waals surface area contributed by atoms with Gasteiger partial charge in [-0.05, 0) is 30.1 Å². The van der Waals surface area contributed by atoms with Gasteiger partial charge in [-0.25, -0.2) is 13.0 Å². The first-order chi connectivity index (χ1) is 15.4. The lowest BCUT2D eigenvalue weighted by atomic mass is 9.70. The van der Waals surface area contributed by atoms with Crippen LogP contribution in [-0.4, -0.2) is 98.1 Å². The molecular formula is C22H40N4O6S. The van der Waals surface area contributed by atoms with E-state index in [9.17, 15) is 17.8 Å². The standard InChI is InChI=1S/C12H25N4O2.C10H16O4S/c1-17-14-9-13(10-15(11-14)18-2)16-6-3-12(4-7-16)5-8-16;1-9(2)7-3-4-10(9,8(11)5-7)6-15(12,13)14/h12H,3-11H2,1-2H3;7H,3-6H2,1-2H3,(H,12,13,14)/q+1;/p-1. The van der Waals surface area contributed by atoms with Crippen LogP contribution in [0.4, 0.5) is 0 Å². The molecule has 0 amide bonds. The number of hydrogen-bond acceptors (Lipinski definition) is 9. The highest BCUT2D eigenvalue weighted by molar-refractivity contribution is 7.85. The van der Waals surface area contributed by atoms with Gasteiger partial charge >= 0.3 is 0 Å². The maximum atomic E-state index is 11.8. The highest BCUT2D eigenvalue weighted by Gasteiger charge is 2.64. The molecule has 0 radical (unpaired) electrons. The second kappa shape index (κ2) is 9.09. The molecule has 0 aromatic rings. The van der Waals surface area contributed by atoms with Crippen molar-refractivity contribution >= 4 is 15.9 Å². The third kappa shape index (κ3) is 4.63. The number of rotatable bonds is 5. The topological polar surface area (TPSA) is 102 Å². The van der Waals surface area contributed by atoms with E-state index in [1.807, 2.05) is 24.0 Å². The van der Waals surface area contributed by atoms with Crippen LogP contribution in [0.3, 0.4) is 0 Å². The van der Waals surface area contributed by atoms with E-state index >= 15 is 0 Å². The Morgan fingerprint density at radius 2 is 1.55 bits per heavy atom. The summed E-state index contributed by atoms with van der Waals surface area (Å²) >= 11 is 0. The molecule has 4 saturated heterocycles. The van der Waals surface area contributed by atoms with Crippen LogP contribution in [0.5, 0.6) is 0 Å². The van der Waals surface area contributed by atoms with Crippen molar-refractivity contribution in [1.29, 1.82) is 0 Å². The Labute approximate surface area is 198 Å². The third-order valence-electron chi connectivity index (χ3n) is 9.50. The Morgan fingerprint density at radius 1 is 1.00 bits per heavy atom. The largest absolute Gasteiger partial charge is 0.748 e. The van der Waals surface area contributed by atoms with Crippen LogP contribution in [0.2, 0.25) is 0 Å². The number of Topliss-reactive ketones (excluding diaryl/α,β-unsaturated/α-hetero) is 1. The van der Waals surface area contributed by atoms with Crippen molar-refractivity contribution in [2.75, 3.05) is 59.6 Å². The van der Waals surface area contributed by atoms with Crippen LogP contribution in [0.1, 0.15) is 52.4 Å². The molecule has 2 saturated carbocycles. The minimum Gasteiger partial charge on any atom is -0.748 e. The fourth-order valence-corrected chi connectivity index (χ4v) is 8.33. The summed E-state index contributed by atoms with van der Waals surface area (Å²) in [5.41, 5.74) is -1.22. The maximum absolute atomic E-state index is 11.8. The smallest absolute Gasteiger partial charge is 0.140 e. The van der Waals surface area contributed by atoms with Crippen LogP contribution in [-0.2, 0) is 24.6 Å². The van der Waals surface area contributed by atoms with E-state index in [1.165, 1.54) is 38.9 Å². The molecule has 2 aliphatic carbocycles. The third-order valence-corrected chi connectivity index (χ3v) is 10.3. The minimum atomic E-state index is -4.33. The predicted molar refractivity (Wildman–Crippen MR) is 119 cm³/mol. The molecule has 4 heterocycles. The number of hydrogen-bond donors (Lipinski definition) is 0. The quantitative estimate of drug-likeness (QED) is 0.419. The Morgan fingerprint density at radius 3 is 1.94 bits per heavy atom. The second-order valence-corrected chi connectivity index (χ2v) is 12.5. The number of ketones is 1. The van der Waals surface area contributed by atoms with Gasteiger partial charge in [0.25, 0.3) is 0 Å². The van der Waals surface area contributed by atoms with E-state index in [1.54, 1.807) is 14.2 Å². The minimum absolute atomic E-state index is 0.0248. The highest BCUT2D eigenvalue weighted by Crippen LogP contribution is 2.64. The van der Waals surface area contributed by atoms with E-state index in [0.717, 1.165) is 30.3 Å². The van der Waals surface area contributed by atoms with E-state index in [-0.39, 0.29) is 17.1 Å². The monoisotopic (exact) mass is 488 g/mol. The van der Waals surface area contributed by atoms with Gasteiger partial charge in [-0.2, -0.15) is 10.1 Å². The van der Waals surface area contributed by atoms with Crippen molar-refractivity contribution in [3.63, 3.8) is 0 Å².